The first-order chi connectivity index (χ1) is 14.3. The largest absolute Gasteiger partial charge is 0.451 e. The van der Waals surface area contributed by atoms with Crippen molar-refractivity contribution < 1.29 is 9.21 Å². The van der Waals surface area contributed by atoms with Gasteiger partial charge >= 0.3 is 0 Å². The number of rotatable bonds is 4. The number of hydrogen-bond acceptors (Lipinski definition) is 2. The van der Waals surface area contributed by atoms with E-state index in [0.717, 1.165) is 27.3 Å². The molecule has 0 saturated heterocycles. The molecule has 5 aromatic rings. The highest BCUT2D eigenvalue weighted by molar-refractivity contribution is 6.08. The van der Waals surface area contributed by atoms with Gasteiger partial charge in [-0.15, -0.1) is 0 Å². The van der Waals surface area contributed by atoms with E-state index in [1.54, 1.807) is 0 Å². The van der Waals surface area contributed by atoms with Crippen LogP contribution < -0.4 is 5.32 Å². The lowest BCUT2D eigenvalue weighted by Gasteiger charge is -2.19. The SMILES string of the molecule is O=C(NC(c1ccccc1)c1ccccc1)c1cc2c(ccc3ccccc32)o1. The fourth-order valence-corrected chi connectivity index (χ4v) is 3.76. The van der Waals surface area contributed by atoms with Crippen LogP contribution >= 0.6 is 0 Å². The molecule has 5 rings (SSSR count). The van der Waals surface area contributed by atoms with E-state index in [1.165, 1.54) is 0 Å². The molecule has 3 heteroatoms. The van der Waals surface area contributed by atoms with Gasteiger partial charge in [0.25, 0.3) is 5.91 Å². The van der Waals surface area contributed by atoms with Gasteiger partial charge in [-0.3, -0.25) is 4.79 Å². The van der Waals surface area contributed by atoms with Crippen LogP contribution in [0.5, 0.6) is 0 Å². The third-order valence-electron chi connectivity index (χ3n) is 5.19. The van der Waals surface area contributed by atoms with Gasteiger partial charge in [-0.2, -0.15) is 0 Å². The topological polar surface area (TPSA) is 42.2 Å². The van der Waals surface area contributed by atoms with Crippen LogP contribution in [0.25, 0.3) is 21.7 Å². The van der Waals surface area contributed by atoms with E-state index in [4.69, 9.17) is 4.42 Å². The van der Waals surface area contributed by atoms with Crippen molar-refractivity contribution in [1.29, 1.82) is 0 Å². The van der Waals surface area contributed by atoms with Crippen LogP contribution in [0.3, 0.4) is 0 Å². The second kappa shape index (κ2) is 7.28. The second-order valence-electron chi connectivity index (χ2n) is 7.04. The first-order valence-electron chi connectivity index (χ1n) is 9.62. The van der Waals surface area contributed by atoms with E-state index in [9.17, 15) is 4.79 Å². The fraction of sp³-hybridized carbons (Fsp3) is 0.0385. The van der Waals surface area contributed by atoms with Crippen molar-refractivity contribution in [2.45, 2.75) is 6.04 Å². The molecule has 0 aliphatic carbocycles. The average Bonchev–Trinajstić information content (AvgIpc) is 3.24. The van der Waals surface area contributed by atoms with E-state index in [-0.39, 0.29) is 11.9 Å². The predicted molar refractivity (Wildman–Crippen MR) is 116 cm³/mol. The first kappa shape index (κ1) is 17.3. The number of furan rings is 1. The molecule has 1 N–H and O–H groups in total. The molecule has 140 valence electrons. The van der Waals surface area contributed by atoms with E-state index >= 15 is 0 Å². The van der Waals surface area contributed by atoms with Crippen molar-refractivity contribution in [2.24, 2.45) is 0 Å². The summed E-state index contributed by atoms with van der Waals surface area (Å²) in [7, 11) is 0. The summed E-state index contributed by atoms with van der Waals surface area (Å²) in [6.45, 7) is 0. The average molecular weight is 377 g/mol. The highest BCUT2D eigenvalue weighted by Crippen LogP contribution is 2.29. The van der Waals surface area contributed by atoms with E-state index in [2.05, 4.69) is 11.4 Å². The molecule has 29 heavy (non-hydrogen) atoms. The van der Waals surface area contributed by atoms with Crippen molar-refractivity contribution in [2.75, 3.05) is 0 Å². The summed E-state index contributed by atoms with van der Waals surface area (Å²) in [5.41, 5.74) is 2.76. The Morgan fingerprint density at radius 1 is 0.690 bits per heavy atom. The number of nitrogens with one attached hydrogen (secondary N) is 1. The Morgan fingerprint density at radius 2 is 1.31 bits per heavy atom. The van der Waals surface area contributed by atoms with Crippen LogP contribution in [0.2, 0.25) is 0 Å². The molecule has 0 atom stereocenters. The monoisotopic (exact) mass is 377 g/mol. The molecule has 1 aromatic heterocycles. The van der Waals surface area contributed by atoms with Crippen molar-refractivity contribution in [3.63, 3.8) is 0 Å². The van der Waals surface area contributed by atoms with Gasteiger partial charge in [-0.1, -0.05) is 91.0 Å². The molecule has 4 aromatic carbocycles. The molecule has 1 heterocycles. The minimum absolute atomic E-state index is 0.233. The lowest BCUT2D eigenvalue weighted by atomic mass is 9.98. The molecule has 1 amide bonds. The second-order valence-corrected chi connectivity index (χ2v) is 7.04. The first-order valence-corrected chi connectivity index (χ1v) is 9.62. The van der Waals surface area contributed by atoms with Crippen molar-refractivity contribution in [1.82, 2.24) is 5.32 Å². The molecule has 0 spiro atoms. The van der Waals surface area contributed by atoms with Crippen LogP contribution in [0.15, 0.2) is 108 Å². The Labute approximate surface area is 168 Å². The summed E-state index contributed by atoms with van der Waals surface area (Å²) in [5, 5.41) is 6.29. The summed E-state index contributed by atoms with van der Waals surface area (Å²) in [6, 6.07) is 33.5. The van der Waals surface area contributed by atoms with Gasteiger partial charge in [0.1, 0.15) is 5.58 Å². The van der Waals surface area contributed by atoms with Crippen LogP contribution in [-0.2, 0) is 0 Å². The summed E-state index contributed by atoms with van der Waals surface area (Å²) in [4.78, 5) is 13.1. The fourth-order valence-electron chi connectivity index (χ4n) is 3.76. The van der Waals surface area contributed by atoms with Gasteiger partial charge in [0.2, 0.25) is 0 Å². The van der Waals surface area contributed by atoms with Gasteiger partial charge in [0.15, 0.2) is 5.76 Å². The minimum Gasteiger partial charge on any atom is -0.451 e. The lowest BCUT2D eigenvalue weighted by Crippen LogP contribution is -2.29. The number of fused-ring (bicyclic) bond motifs is 3. The third kappa shape index (κ3) is 3.27. The highest BCUT2D eigenvalue weighted by atomic mass is 16.3. The number of carbonyl (C=O) groups excluding carboxylic acids is 1. The van der Waals surface area contributed by atoms with Gasteiger partial charge in [-0.05, 0) is 34.0 Å². The van der Waals surface area contributed by atoms with E-state index < -0.39 is 0 Å². The number of carbonyl (C=O) groups is 1. The van der Waals surface area contributed by atoms with Gasteiger partial charge < -0.3 is 9.73 Å². The van der Waals surface area contributed by atoms with Crippen LogP contribution in [-0.4, -0.2) is 5.91 Å². The summed E-state index contributed by atoms with van der Waals surface area (Å²) < 4.78 is 5.90. The van der Waals surface area contributed by atoms with Crippen LogP contribution in [0.1, 0.15) is 27.7 Å². The third-order valence-corrected chi connectivity index (χ3v) is 5.19. The Bertz CT molecular complexity index is 1250. The standard InChI is InChI=1S/C26H19NO2/c28-26(24-17-22-21-14-8-7-9-18(21)15-16-23(22)29-24)27-25(19-10-3-1-4-11-19)20-12-5-2-6-13-20/h1-17,25H,(H,27,28). The smallest absolute Gasteiger partial charge is 0.287 e. The van der Waals surface area contributed by atoms with Crippen LogP contribution in [0.4, 0.5) is 0 Å². The molecule has 0 aliphatic rings. The molecule has 0 unspecified atom stereocenters. The zero-order valence-corrected chi connectivity index (χ0v) is 15.7. The molecule has 3 nitrogen and oxygen atoms in total. The van der Waals surface area contributed by atoms with Crippen molar-refractivity contribution >= 4 is 27.6 Å². The van der Waals surface area contributed by atoms with Gasteiger partial charge in [-0.25, -0.2) is 0 Å². The zero-order chi connectivity index (χ0) is 19.6. The predicted octanol–water partition coefficient (Wildman–Crippen LogP) is 6.11. The number of benzene rings is 4. The van der Waals surface area contributed by atoms with Gasteiger partial charge in [0.05, 0.1) is 6.04 Å². The van der Waals surface area contributed by atoms with E-state index in [1.807, 2.05) is 97.1 Å². The Kier molecular flexibility index (Phi) is 4.34. The molecular formula is C26H19NO2. The van der Waals surface area contributed by atoms with Crippen LogP contribution in [0, 0.1) is 0 Å². The van der Waals surface area contributed by atoms with E-state index in [0.29, 0.717) is 11.3 Å². The van der Waals surface area contributed by atoms with Gasteiger partial charge in [0, 0.05) is 5.39 Å². The maximum Gasteiger partial charge on any atom is 0.287 e. The Hall–Kier alpha value is -3.85. The molecule has 0 saturated carbocycles. The summed E-state index contributed by atoms with van der Waals surface area (Å²) >= 11 is 0. The molecule has 0 bridgehead atoms. The summed E-state index contributed by atoms with van der Waals surface area (Å²) in [5.74, 6) is 0.0798. The summed E-state index contributed by atoms with van der Waals surface area (Å²) in [6.07, 6.45) is 0. The van der Waals surface area contributed by atoms with Crippen molar-refractivity contribution in [3.8, 4) is 0 Å². The molecule has 0 fully saturated rings. The minimum atomic E-state index is -0.255. The molecular weight excluding hydrogens is 358 g/mol. The maximum absolute atomic E-state index is 13.1. The lowest BCUT2D eigenvalue weighted by molar-refractivity contribution is 0.0917. The molecule has 0 radical (unpaired) electrons. The number of amides is 1. The van der Waals surface area contributed by atoms with Crippen molar-refractivity contribution in [3.05, 3.63) is 120 Å². The highest BCUT2D eigenvalue weighted by Gasteiger charge is 2.20. The zero-order valence-electron chi connectivity index (χ0n) is 15.7. The molecule has 0 aliphatic heterocycles. The Balaban J connectivity index is 1.53. The maximum atomic E-state index is 13.1. The Morgan fingerprint density at radius 3 is 2.00 bits per heavy atom. The quantitative estimate of drug-likeness (QED) is 0.411. The number of hydrogen-bond donors (Lipinski definition) is 1. The normalized spacial score (nSPS) is 11.2.